The van der Waals surface area contributed by atoms with Gasteiger partial charge in [0.2, 0.25) is 0 Å². The first kappa shape index (κ1) is 23.0. The van der Waals surface area contributed by atoms with Crippen molar-refractivity contribution in [2.45, 2.75) is 6.92 Å². The number of rotatable bonds is 6. The fourth-order valence-electron chi connectivity index (χ4n) is 4.21. The van der Waals surface area contributed by atoms with E-state index in [0.717, 1.165) is 16.8 Å². The summed E-state index contributed by atoms with van der Waals surface area (Å²) in [7, 11) is 0. The zero-order chi connectivity index (χ0) is 26.1. The van der Waals surface area contributed by atoms with E-state index in [9.17, 15) is 9.18 Å². The minimum absolute atomic E-state index is 0.297. The zero-order valence-corrected chi connectivity index (χ0v) is 20.2. The molecule has 0 saturated carbocycles. The number of imidazole rings is 1. The molecular formula is C28H21FN8O. The van der Waals surface area contributed by atoms with Crippen LogP contribution in [0.2, 0.25) is 0 Å². The summed E-state index contributed by atoms with van der Waals surface area (Å²) >= 11 is 0. The van der Waals surface area contributed by atoms with Crippen molar-refractivity contribution < 1.29 is 9.18 Å². The average molecular weight is 505 g/mol. The molecule has 0 fully saturated rings. The first-order valence-corrected chi connectivity index (χ1v) is 11.8. The highest BCUT2D eigenvalue weighted by Crippen LogP contribution is 2.32. The minimum atomic E-state index is -0.337. The van der Waals surface area contributed by atoms with Crippen LogP contribution in [0.3, 0.4) is 0 Å². The largest absolute Gasteiger partial charge is 0.339 e. The molecule has 4 heterocycles. The molecule has 10 heteroatoms. The van der Waals surface area contributed by atoms with Crippen molar-refractivity contribution in [3.05, 3.63) is 109 Å². The normalized spacial score (nSPS) is 11.0. The number of H-pyrrole nitrogens is 1. The number of fused-ring (bicyclic) bond motifs is 1. The third-order valence-corrected chi connectivity index (χ3v) is 6.11. The van der Waals surface area contributed by atoms with E-state index in [1.54, 1.807) is 47.6 Å². The third-order valence-electron chi connectivity index (χ3n) is 6.11. The lowest BCUT2D eigenvalue weighted by Crippen LogP contribution is -2.16. The summed E-state index contributed by atoms with van der Waals surface area (Å²) in [6.07, 6.45) is 6.51. The van der Waals surface area contributed by atoms with Crippen LogP contribution >= 0.6 is 0 Å². The first-order chi connectivity index (χ1) is 18.6. The number of halogens is 1. The van der Waals surface area contributed by atoms with Crippen LogP contribution in [0.25, 0.3) is 28.1 Å². The second-order valence-electron chi connectivity index (χ2n) is 8.57. The van der Waals surface area contributed by atoms with Gasteiger partial charge in [-0.05, 0) is 73.2 Å². The molecule has 2 aromatic carbocycles. The maximum atomic E-state index is 13.4. The number of anilines is 3. The molecule has 0 aliphatic carbocycles. The second kappa shape index (κ2) is 9.58. The molecule has 0 unspecified atom stereocenters. The summed E-state index contributed by atoms with van der Waals surface area (Å²) in [4.78, 5) is 33.7. The number of benzene rings is 2. The number of aryl methyl sites for hydroxylation is 1. The summed E-state index contributed by atoms with van der Waals surface area (Å²) in [5.41, 5.74) is 6.13. The van der Waals surface area contributed by atoms with Gasteiger partial charge in [-0.1, -0.05) is 6.07 Å². The van der Waals surface area contributed by atoms with Crippen LogP contribution in [0.1, 0.15) is 16.1 Å². The molecule has 0 radical (unpaired) electrons. The third kappa shape index (κ3) is 4.35. The highest BCUT2D eigenvalue weighted by Gasteiger charge is 2.16. The van der Waals surface area contributed by atoms with Gasteiger partial charge in [0.1, 0.15) is 34.9 Å². The standard InChI is InChI=1S/C28H21FN8O/c1-17-6-9-19(35-28(38)23-5-3-13-37(23)20-10-7-18(29)8-11-20)14-22(17)36-26-21(4-2-12-30-26)24-25-27(33-15-31-24)34-16-32-25/h2-16H,1H3,(H,30,36)(H,35,38)(H,31,32,33,34). The second-order valence-corrected chi connectivity index (χ2v) is 8.57. The topological polar surface area (TPSA) is 113 Å². The van der Waals surface area contributed by atoms with Crippen LogP contribution in [0.4, 0.5) is 21.6 Å². The first-order valence-electron chi connectivity index (χ1n) is 11.8. The predicted molar refractivity (Wildman–Crippen MR) is 143 cm³/mol. The Morgan fingerprint density at radius 2 is 1.84 bits per heavy atom. The molecule has 38 heavy (non-hydrogen) atoms. The molecule has 0 saturated heterocycles. The Labute approximate surface area is 216 Å². The summed E-state index contributed by atoms with van der Waals surface area (Å²) in [6, 6.07) is 18.8. The van der Waals surface area contributed by atoms with E-state index in [4.69, 9.17) is 0 Å². The van der Waals surface area contributed by atoms with Crippen LogP contribution < -0.4 is 10.6 Å². The van der Waals surface area contributed by atoms with Gasteiger partial charge in [-0.15, -0.1) is 0 Å². The number of nitrogens with zero attached hydrogens (tertiary/aromatic N) is 5. The highest BCUT2D eigenvalue weighted by molar-refractivity contribution is 6.04. The Balaban J connectivity index is 1.28. The summed E-state index contributed by atoms with van der Waals surface area (Å²) in [5, 5.41) is 6.34. The van der Waals surface area contributed by atoms with Gasteiger partial charge < -0.3 is 20.2 Å². The van der Waals surface area contributed by atoms with Crippen molar-refractivity contribution >= 4 is 34.3 Å². The molecule has 6 rings (SSSR count). The van der Waals surface area contributed by atoms with Crippen molar-refractivity contribution in [2.75, 3.05) is 10.6 Å². The molecular weight excluding hydrogens is 483 g/mol. The van der Waals surface area contributed by atoms with E-state index in [1.807, 2.05) is 37.3 Å². The van der Waals surface area contributed by atoms with Crippen molar-refractivity contribution in [2.24, 2.45) is 0 Å². The van der Waals surface area contributed by atoms with Crippen LogP contribution in [0.5, 0.6) is 0 Å². The molecule has 0 spiro atoms. The van der Waals surface area contributed by atoms with E-state index in [-0.39, 0.29) is 11.7 Å². The molecule has 186 valence electrons. The van der Waals surface area contributed by atoms with Gasteiger partial charge in [0.05, 0.1) is 6.33 Å². The average Bonchev–Trinajstić information content (AvgIpc) is 3.61. The number of aromatic amines is 1. The Kier molecular flexibility index (Phi) is 5.81. The fourth-order valence-corrected chi connectivity index (χ4v) is 4.21. The summed E-state index contributed by atoms with van der Waals surface area (Å²) in [5.74, 6) is -0.0435. The number of hydrogen-bond acceptors (Lipinski definition) is 6. The number of carbonyl (C=O) groups is 1. The van der Waals surface area contributed by atoms with E-state index in [2.05, 4.69) is 35.6 Å². The van der Waals surface area contributed by atoms with Gasteiger partial charge >= 0.3 is 0 Å². The van der Waals surface area contributed by atoms with Gasteiger partial charge in [0.25, 0.3) is 5.91 Å². The van der Waals surface area contributed by atoms with Gasteiger partial charge in [-0.25, -0.2) is 24.3 Å². The number of carbonyl (C=O) groups excluding carboxylic acids is 1. The number of nitrogens with one attached hydrogen (secondary N) is 3. The van der Waals surface area contributed by atoms with Crippen LogP contribution in [-0.4, -0.2) is 35.4 Å². The van der Waals surface area contributed by atoms with E-state index < -0.39 is 0 Å². The molecule has 1 amide bonds. The lowest BCUT2D eigenvalue weighted by Gasteiger charge is -2.15. The smallest absolute Gasteiger partial charge is 0.272 e. The van der Waals surface area contributed by atoms with Gasteiger partial charge in [-0.2, -0.15) is 0 Å². The molecule has 6 aromatic rings. The van der Waals surface area contributed by atoms with Gasteiger partial charge in [0, 0.05) is 35.0 Å². The number of hydrogen-bond donors (Lipinski definition) is 3. The van der Waals surface area contributed by atoms with Crippen molar-refractivity contribution in [3.8, 4) is 16.9 Å². The lowest BCUT2D eigenvalue weighted by molar-refractivity contribution is 0.102. The lowest BCUT2D eigenvalue weighted by atomic mass is 10.1. The molecule has 0 bridgehead atoms. The van der Waals surface area contributed by atoms with Crippen molar-refractivity contribution in [1.82, 2.24) is 29.5 Å². The van der Waals surface area contributed by atoms with Crippen LogP contribution in [0, 0.1) is 12.7 Å². The quantitative estimate of drug-likeness (QED) is 0.270. The zero-order valence-electron chi connectivity index (χ0n) is 20.2. The molecule has 0 atom stereocenters. The highest BCUT2D eigenvalue weighted by atomic mass is 19.1. The summed E-state index contributed by atoms with van der Waals surface area (Å²) in [6.45, 7) is 1.97. The van der Waals surface area contributed by atoms with Crippen molar-refractivity contribution in [3.63, 3.8) is 0 Å². The molecule has 0 aliphatic heterocycles. The van der Waals surface area contributed by atoms with E-state index in [0.29, 0.717) is 39.7 Å². The molecule has 4 aromatic heterocycles. The monoisotopic (exact) mass is 504 g/mol. The maximum Gasteiger partial charge on any atom is 0.272 e. The SMILES string of the molecule is Cc1ccc(NC(=O)c2cccn2-c2ccc(F)cc2)cc1Nc1ncccc1-c1ncnc2[nH]cnc12. The Morgan fingerprint density at radius 1 is 0.974 bits per heavy atom. The van der Waals surface area contributed by atoms with Gasteiger partial charge in [0.15, 0.2) is 5.65 Å². The number of pyridine rings is 1. The predicted octanol–water partition coefficient (Wildman–Crippen LogP) is 5.65. The Bertz CT molecular complexity index is 1770. The van der Waals surface area contributed by atoms with Crippen LogP contribution in [-0.2, 0) is 0 Å². The van der Waals surface area contributed by atoms with Crippen LogP contribution in [0.15, 0.2) is 91.8 Å². The molecule has 3 N–H and O–H groups in total. The van der Waals surface area contributed by atoms with E-state index in [1.165, 1.54) is 18.5 Å². The number of aromatic nitrogens is 6. The molecule has 0 aliphatic rings. The fraction of sp³-hybridized carbons (Fsp3) is 0.0357. The van der Waals surface area contributed by atoms with Crippen molar-refractivity contribution in [1.29, 1.82) is 0 Å². The Hall–Kier alpha value is -5.38. The number of amides is 1. The molecule has 9 nitrogen and oxygen atoms in total. The minimum Gasteiger partial charge on any atom is -0.339 e. The van der Waals surface area contributed by atoms with E-state index >= 15 is 0 Å². The summed E-state index contributed by atoms with van der Waals surface area (Å²) < 4.78 is 15.1. The Morgan fingerprint density at radius 3 is 2.71 bits per heavy atom. The maximum absolute atomic E-state index is 13.4. The van der Waals surface area contributed by atoms with Gasteiger partial charge in [-0.3, -0.25) is 4.79 Å².